The van der Waals surface area contributed by atoms with Gasteiger partial charge in [0.2, 0.25) is 5.91 Å². The first kappa shape index (κ1) is 13.5. The average Bonchev–Trinajstić information content (AvgIpc) is 2.31. The lowest BCUT2D eigenvalue weighted by atomic mass is 10.2. The summed E-state index contributed by atoms with van der Waals surface area (Å²) in [5.74, 6) is -2.36. The van der Waals surface area contributed by atoms with E-state index >= 15 is 0 Å². The molecule has 0 aliphatic carbocycles. The summed E-state index contributed by atoms with van der Waals surface area (Å²) in [6.45, 7) is -0.356. The van der Waals surface area contributed by atoms with Crippen LogP contribution in [0.4, 0.5) is 8.78 Å². The molecule has 0 aromatic heterocycles. The predicted molar refractivity (Wildman–Crippen MR) is 57.9 cm³/mol. The summed E-state index contributed by atoms with van der Waals surface area (Å²) in [6.07, 6.45) is 0. The van der Waals surface area contributed by atoms with Gasteiger partial charge in [-0.2, -0.15) is 0 Å². The van der Waals surface area contributed by atoms with Crippen LogP contribution >= 0.6 is 0 Å². The first-order chi connectivity index (χ1) is 7.95. The van der Waals surface area contributed by atoms with Crippen LogP contribution in [0.2, 0.25) is 0 Å². The summed E-state index contributed by atoms with van der Waals surface area (Å²) in [7, 11) is 1.47. The molecule has 1 unspecified atom stereocenters. The predicted octanol–water partition coefficient (Wildman–Crippen LogP) is 0.243. The lowest BCUT2D eigenvalue weighted by Crippen LogP contribution is -2.43. The Labute approximate surface area is 97.6 Å². The minimum atomic E-state index is -0.995. The molecule has 1 amide bonds. The molecule has 0 saturated heterocycles. The second-order valence-corrected chi connectivity index (χ2v) is 3.73. The molecule has 0 saturated carbocycles. The molecule has 1 aromatic rings. The SMILES string of the molecule is CN(Cc1ccc(F)c(F)c1)C(=O)C(N)CO. The Hall–Kier alpha value is -1.53. The van der Waals surface area contributed by atoms with E-state index in [0.717, 1.165) is 12.1 Å². The van der Waals surface area contributed by atoms with Crippen LogP contribution < -0.4 is 5.73 Å². The van der Waals surface area contributed by atoms with E-state index in [4.69, 9.17) is 10.8 Å². The van der Waals surface area contributed by atoms with Gasteiger partial charge in [-0.15, -0.1) is 0 Å². The molecule has 0 radical (unpaired) electrons. The van der Waals surface area contributed by atoms with Gasteiger partial charge in [-0.25, -0.2) is 8.78 Å². The van der Waals surface area contributed by atoms with Gasteiger partial charge in [0.05, 0.1) is 6.61 Å². The Morgan fingerprint density at radius 2 is 2.12 bits per heavy atom. The van der Waals surface area contributed by atoms with Crippen molar-refractivity contribution in [1.82, 2.24) is 4.90 Å². The Morgan fingerprint density at radius 3 is 2.65 bits per heavy atom. The molecular formula is C11H14F2N2O2. The minimum Gasteiger partial charge on any atom is -0.394 e. The first-order valence-corrected chi connectivity index (χ1v) is 5.01. The van der Waals surface area contributed by atoms with E-state index in [9.17, 15) is 13.6 Å². The summed E-state index contributed by atoms with van der Waals surface area (Å²) in [5.41, 5.74) is 5.80. The summed E-state index contributed by atoms with van der Waals surface area (Å²) in [6, 6.07) is 2.40. The van der Waals surface area contributed by atoms with Gasteiger partial charge < -0.3 is 15.7 Å². The molecule has 0 aliphatic heterocycles. The zero-order valence-electron chi connectivity index (χ0n) is 9.36. The third-order valence-electron chi connectivity index (χ3n) is 2.29. The number of aliphatic hydroxyl groups is 1. The number of halogens is 2. The van der Waals surface area contributed by atoms with Crippen molar-refractivity contribution in [2.45, 2.75) is 12.6 Å². The molecule has 0 bridgehead atoms. The van der Waals surface area contributed by atoms with Gasteiger partial charge in [0, 0.05) is 13.6 Å². The van der Waals surface area contributed by atoms with Crippen molar-refractivity contribution in [3.8, 4) is 0 Å². The number of nitrogens with zero attached hydrogens (tertiary/aromatic N) is 1. The zero-order chi connectivity index (χ0) is 13.0. The number of aliphatic hydroxyl groups excluding tert-OH is 1. The maximum atomic E-state index is 12.9. The van der Waals surface area contributed by atoms with Crippen LogP contribution in [-0.4, -0.2) is 35.6 Å². The van der Waals surface area contributed by atoms with E-state index in [0.29, 0.717) is 5.56 Å². The van der Waals surface area contributed by atoms with E-state index in [-0.39, 0.29) is 6.54 Å². The number of benzene rings is 1. The van der Waals surface area contributed by atoms with Crippen molar-refractivity contribution in [3.63, 3.8) is 0 Å². The molecule has 0 heterocycles. The fraction of sp³-hybridized carbons (Fsp3) is 0.364. The van der Waals surface area contributed by atoms with Gasteiger partial charge in [0.15, 0.2) is 11.6 Å². The van der Waals surface area contributed by atoms with E-state index in [1.54, 1.807) is 0 Å². The van der Waals surface area contributed by atoms with Crippen LogP contribution in [0.1, 0.15) is 5.56 Å². The smallest absolute Gasteiger partial charge is 0.241 e. The summed E-state index contributed by atoms with van der Waals surface area (Å²) in [5, 5.41) is 8.72. The second-order valence-electron chi connectivity index (χ2n) is 3.73. The highest BCUT2D eigenvalue weighted by Crippen LogP contribution is 2.10. The fourth-order valence-corrected chi connectivity index (χ4v) is 1.35. The number of hydrogen-bond donors (Lipinski definition) is 2. The number of nitrogens with two attached hydrogens (primary N) is 1. The van der Waals surface area contributed by atoms with Gasteiger partial charge >= 0.3 is 0 Å². The van der Waals surface area contributed by atoms with Crippen molar-refractivity contribution in [1.29, 1.82) is 0 Å². The Morgan fingerprint density at radius 1 is 1.47 bits per heavy atom. The highest BCUT2D eigenvalue weighted by Gasteiger charge is 2.17. The third kappa shape index (κ3) is 3.47. The molecular weight excluding hydrogens is 230 g/mol. The van der Waals surface area contributed by atoms with Crippen LogP contribution in [0.15, 0.2) is 18.2 Å². The molecule has 4 nitrogen and oxygen atoms in total. The van der Waals surface area contributed by atoms with Gasteiger partial charge in [0.25, 0.3) is 0 Å². The molecule has 0 fully saturated rings. The lowest BCUT2D eigenvalue weighted by Gasteiger charge is -2.20. The van der Waals surface area contributed by atoms with Gasteiger partial charge in [-0.05, 0) is 17.7 Å². The lowest BCUT2D eigenvalue weighted by molar-refractivity contribution is -0.132. The summed E-state index contributed by atoms with van der Waals surface area (Å²) in [4.78, 5) is 12.7. The van der Waals surface area contributed by atoms with E-state index in [2.05, 4.69) is 0 Å². The summed E-state index contributed by atoms with van der Waals surface area (Å²) >= 11 is 0. The number of carbonyl (C=O) groups excluding carboxylic acids is 1. The van der Waals surface area contributed by atoms with Crippen molar-refractivity contribution < 1.29 is 18.7 Å². The third-order valence-corrected chi connectivity index (χ3v) is 2.29. The molecule has 6 heteroatoms. The molecule has 1 atom stereocenters. The first-order valence-electron chi connectivity index (χ1n) is 5.01. The molecule has 0 spiro atoms. The molecule has 94 valence electrons. The van der Waals surface area contributed by atoms with Crippen molar-refractivity contribution in [3.05, 3.63) is 35.4 Å². The van der Waals surface area contributed by atoms with Gasteiger partial charge in [0.1, 0.15) is 6.04 Å². The maximum absolute atomic E-state index is 12.9. The molecule has 3 N–H and O–H groups in total. The monoisotopic (exact) mass is 244 g/mol. The maximum Gasteiger partial charge on any atom is 0.241 e. The fourth-order valence-electron chi connectivity index (χ4n) is 1.35. The van der Waals surface area contributed by atoms with Crippen LogP contribution in [0.5, 0.6) is 0 Å². The van der Waals surface area contributed by atoms with Crippen LogP contribution in [0, 0.1) is 11.6 Å². The number of amides is 1. The van der Waals surface area contributed by atoms with E-state index < -0.39 is 30.2 Å². The number of likely N-dealkylation sites (N-methyl/N-ethyl adjacent to an activating group) is 1. The Balaban J connectivity index is 2.71. The van der Waals surface area contributed by atoms with Crippen LogP contribution in [0.3, 0.4) is 0 Å². The Bertz CT molecular complexity index is 412. The quantitative estimate of drug-likeness (QED) is 0.797. The van der Waals surface area contributed by atoms with Crippen molar-refractivity contribution in [2.75, 3.05) is 13.7 Å². The molecule has 1 rings (SSSR count). The number of carbonyl (C=O) groups is 1. The topological polar surface area (TPSA) is 66.6 Å². The standard InChI is InChI=1S/C11H14F2N2O2/c1-15(11(17)10(14)6-16)5-7-2-3-8(12)9(13)4-7/h2-4,10,16H,5-6,14H2,1H3. The molecule has 0 aliphatic rings. The number of rotatable bonds is 4. The van der Waals surface area contributed by atoms with E-state index in [1.807, 2.05) is 0 Å². The zero-order valence-corrected chi connectivity index (χ0v) is 9.36. The van der Waals surface area contributed by atoms with Crippen LogP contribution in [0.25, 0.3) is 0 Å². The normalized spacial score (nSPS) is 12.3. The largest absolute Gasteiger partial charge is 0.394 e. The summed E-state index contributed by atoms with van der Waals surface area (Å²) < 4.78 is 25.6. The average molecular weight is 244 g/mol. The second kappa shape index (κ2) is 5.70. The Kier molecular flexibility index (Phi) is 4.53. The molecule has 17 heavy (non-hydrogen) atoms. The highest BCUT2D eigenvalue weighted by atomic mass is 19.2. The van der Waals surface area contributed by atoms with Gasteiger partial charge in [-0.1, -0.05) is 6.07 Å². The van der Waals surface area contributed by atoms with Gasteiger partial charge in [-0.3, -0.25) is 4.79 Å². The number of hydrogen-bond acceptors (Lipinski definition) is 3. The van der Waals surface area contributed by atoms with E-state index in [1.165, 1.54) is 18.0 Å². The highest BCUT2D eigenvalue weighted by molar-refractivity contribution is 5.81. The minimum absolute atomic E-state index is 0.101. The van der Waals surface area contributed by atoms with Crippen molar-refractivity contribution >= 4 is 5.91 Å². The van der Waals surface area contributed by atoms with Crippen molar-refractivity contribution in [2.24, 2.45) is 5.73 Å². The van der Waals surface area contributed by atoms with Crippen LogP contribution in [-0.2, 0) is 11.3 Å². The molecule has 1 aromatic carbocycles.